The van der Waals surface area contributed by atoms with E-state index in [2.05, 4.69) is 5.32 Å². The summed E-state index contributed by atoms with van der Waals surface area (Å²) < 4.78 is 6.37. The molecule has 1 saturated heterocycles. The lowest BCUT2D eigenvalue weighted by molar-refractivity contribution is -0.157. The molecule has 4 atom stereocenters. The second-order valence-electron chi connectivity index (χ2n) is 9.02. The molecule has 0 radical (unpaired) electrons. The first-order valence-electron chi connectivity index (χ1n) is 10.7. The van der Waals surface area contributed by atoms with Crippen LogP contribution in [0.1, 0.15) is 48.9 Å². The highest BCUT2D eigenvalue weighted by Gasteiger charge is 2.57. The largest absolute Gasteiger partial charge is 0.467 e. The standard InChI is InChI=1S/C22H27N3O4/c23-19(26)13-7-9-25(10-8-13)21(28)17-11-15-6-5-14(17)12-22(15)24-20(27)16-3-1-2-4-18(16)29-22/h1-4,13-15,17H,5-12H2,(H2,23,26)(H,24,27)/t14-,15+,17+,22+/m0/s1. The van der Waals surface area contributed by atoms with Crippen LogP contribution in [-0.2, 0) is 9.59 Å². The number of para-hydroxylation sites is 1. The SMILES string of the molecule is NC(=O)C1CCN(C(=O)[C@@H]2C[C@H]3CC[C@H]2C[C@]32NC(=O)c3ccccc3O2)CC1. The molecule has 3 saturated carbocycles. The normalized spacial score (nSPS) is 33.7. The lowest BCUT2D eigenvalue weighted by Gasteiger charge is -2.55. The molecule has 1 aromatic carbocycles. The summed E-state index contributed by atoms with van der Waals surface area (Å²) in [7, 11) is 0. The molecule has 6 rings (SSSR count). The van der Waals surface area contributed by atoms with Gasteiger partial charge in [-0.3, -0.25) is 14.4 Å². The average molecular weight is 397 g/mol. The molecule has 3 N–H and O–H groups in total. The van der Waals surface area contributed by atoms with E-state index < -0.39 is 5.72 Å². The van der Waals surface area contributed by atoms with Gasteiger partial charge in [0.05, 0.1) is 5.56 Å². The van der Waals surface area contributed by atoms with E-state index in [9.17, 15) is 14.4 Å². The Hall–Kier alpha value is -2.57. The van der Waals surface area contributed by atoms with Crippen molar-refractivity contribution >= 4 is 17.7 Å². The van der Waals surface area contributed by atoms with Crippen molar-refractivity contribution in [2.75, 3.05) is 13.1 Å². The first-order chi connectivity index (χ1) is 14.0. The molecule has 0 unspecified atom stereocenters. The van der Waals surface area contributed by atoms with Gasteiger partial charge in [-0.25, -0.2) is 0 Å². The second-order valence-corrected chi connectivity index (χ2v) is 9.02. The van der Waals surface area contributed by atoms with E-state index in [1.54, 1.807) is 6.07 Å². The Morgan fingerprint density at radius 3 is 2.59 bits per heavy atom. The molecule has 7 nitrogen and oxygen atoms in total. The third-order valence-electron chi connectivity index (χ3n) is 7.49. The quantitative estimate of drug-likeness (QED) is 0.792. The fourth-order valence-corrected chi connectivity index (χ4v) is 5.88. The van der Waals surface area contributed by atoms with Crippen molar-refractivity contribution in [1.82, 2.24) is 10.2 Å². The predicted molar refractivity (Wildman–Crippen MR) is 105 cm³/mol. The maximum atomic E-state index is 13.2. The maximum absolute atomic E-state index is 13.2. The predicted octanol–water partition coefficient (Wildman–Crippen LogP) is 1.67. The van der Waals surface area contributed by atoms with E-state index >= 15 is 0 Å². The molecule has 1 aromatic rings. The zero-order chi connectivity index (χ0) is 20.2. The van der Waals surface area contributed by atoms with Crippen molar-refractivity contribution in [3.05, 3.63) is 29.8 Å². The van der Waals surface area contributed by atoms with Crippen LogP contribution in [0.15, 0.2) is 24.3 Å². The number of likely N-dealkylation sites (tertiary alicyclic amines) is 1. The van der Waals surface area contributed by atoms with Crippen LogP contribution in [0.3, 0.4) is 0 Å². The first-order valence-corrected chi connectivity index (χ1v) is 10.7. The number of rotatable bonds is 2. The molecule has 3 aliphatic carbocycles. The summed E-state index contributed by atoms with van der Waals surface area (Å²) >= 11 is 0. The lowest BCUT2D eigenvalue weighted by Crippen LogP contribution is -2.67. The highest BCUT2D eigenvalue weighted by atomic mass is 16.5. The van der Waals surface area contributed by atoms with E-state index in [0.29, 0.717) is 43.7 Å². The van der Waals surface area contributed by atoms with Crippen molar-refractivity contribution in [1.29, 1.82) is 0 Å². The van der Waals surface area contributed by atoms with Crippen LogP contribution in [0, 0.1) is 23.7 Å². The van der Waals surface area contributed by atoms with Crippen molar-refractivity contribution in [3.8, 4) is 5.75 Å². The van der Waals surface area contributed by atoms with Gasteiger partial charge in [-0.1, -0.05) is 12.1 Å². The van der Waals surface area contributed by atoms with Gasteiger partial charge in [-0.2, -0.15) is 0 Å². The summed E-state index contributed by atoms with van der Waals surface area (Å²) in [5.74, 6) is 0.671. The lowest BCUT2D eigenvalue weighted by atomic mass is 9.59. The number of carbonyl (C=O) groups is 3. The zero-order valence-corrected chi connectivity index (χ0v) is 16.4. The van der Waals surface area contributed by atoms with E-state index in [4.69, 9.17) is 10.5 Å². The number of ether oxygens (including phenoxy) is 1. The minimum absolute atomic E-state index is 0.0258. The third-order valence-corrected chi connectivity index (χ3v) is 7.49. The number of benzene rings is 1. The highest BCUT2D eigenvalue weighted by Crippen LogP contribution is 2.52. The Bertz CT molecular complexity index is 863. The Morgan fingerprint density at radius 1 is 1.14 bits per heavy atom. The van der Waals surface area contributed by atoms with Gasteiger partial charge in [0.2, 0.25) is 11.8 Å². The average Bonchev–Trinajstić information content (AvgIpc) is 2.73. The van der Waals surface area contributed by atoms with Crippen LogP contribution in [-0.4, -0.2) is 41.4 Å². The minimum Gasteiger partial charge on any atom is -0.467 e. The summed E-state index contributed by atoms with van der Waals surface area (Å²) in [6.07, 6.45) is 4.67. The van der Waals surface area contributed by atoms with Crippen molar-refractivity contribution in [2.45, 2.75) is 44.2 Å². The van der Waals surface area contributed by atoms with Gasteiger partial charge in [0.1, 0.15) is 5.75 Å². The van der Waals surface area contributed by atoms with Gasteiger partial charge in [-0.05, 0) is 50.2 Å². The molecule has 29 heavy (non-hydrogen) atoms. The van der Waals surface area contributed by atoms with Crippen LogP contribution in [0.5, 0.6) is 5.75 Å². The van der Waals surface area contributed by atoms with E-state index in [0.717, 1.165) is 19.3 Å². The van der Waals surface area contributed by atoms with Crippen LogP contribution >= 0.6 is 0 Å². The van der Waals surface area contributed by atoms with Crippen molar-refractivity contribution in [2.24, 2.45) is 29.4 Å². The van der Waals surface area contributed by atoms with Gasteiger partial charge >= 0.3 is 0 Å². The molecule has 2 aliphatic heterocycles. The second kappa shape index (κ2) is 6.75. The zero-order valence-electron chi connectivity index (χ0n) is 16.4. The molecule has 2 bridgehead atoms. The Kier molecular flexibility index (Phi) is 4.29. The number of hydrogen-bond acceptors (Lipinski definition) is 4. The van der Waals surface area contributed by atoms with Gasteiger partial charge in [0.15, 0.2) is 5.72 Å². The number of primary amides is 1. The van der Waals surface area contributed by atoms with Crippen LogP contribution in [0.25, 0.3) is 0 Å². The summed E-state index contributed by atoms with van der Waals surface area (Å²) in [5.41, 5.74) is 5.30. The molecule has 3 amide bonds. The number of nitrogens with one attached hydrogen (secondary N) is 1. The van der Waals surface area contributed by atoms with Crippen LogP contribution in [0.4, 0.5) is 0 Å². The summed E-state index contributed by atoms with van der Waals surface area (Å²) in [4.78, 5) is 39.2. The first kappa shape index (κ1) is 18.5. The summed E-state index contributed by atoms with van der Waals surface area (Å²) in [6, 6.07) is 7.35. The van der Waals surface area contributed by atoms with E-state index in [1.165, 1.54) is 0 Å². The number of piperidine rings is 1. The fraction of sp³-hybridized carbons (Fsp3) is 0.591. The van der Waals surface area contributed by atoms with Crippen molar-refractivity contribution < 1.29 is 19.1 Å². The molecule has 2 heterocycles. The van der Waals surface area contributed by atoms with Crippen LogP contribution in [0.2, 0.25) is 0 Å². The molecule has 0 aromatic heterocycles. The maximum Gasteiger partial charge on any atom is 0.258 e. The van der Waals surface area contributed by atoms with Crippen LogP contribution < -0.4 is 15.8 Å². The molecule has 7 heteroatoms. The molecule has 154 valence electrons. The van der Waals surface area contributed by atoms with E-state index in [1.807, 2.05) is 23.1 Å². The van der Waals surface area contributed by atoms with Crippen molar-refractivity contribution in [3.63, 3.8) is 0 Å². The minimum atomic E-state index is -0.690. The number of nitrogens with zero attached hydrogens (tertiary/aromatic N) is 1. The smallest absolute Gasteiger partial charge is 0.258 e. The number of carbonyl (C=O) groups excluding carboxylic acids is 3. The molecule has 5 aliphatic rings. The molecular formula is C22H27N3O4. The molecule has 4 fully saturated rings. The van der Waals surface area contributed by atoms with E-state index in [-0.39, 0.29) is 41.4 Å². The summed E-state index contributed by atoms with van der Waals surface area (Å²) in [6.45, 7) is 1.21. The third kappa shape index (κ3) is 2.98. The summed E-state index contributed by atoms with van der Waals surface area (Å²) in [5, 5.41) is 3.14. The number of amides is 3. The molecular weight excluding hydrogens is 370 g/mol. The topological polar surface area (TPSA) is 102 Å². The number of nitrogens with two attached hydrogens (primary N) is 1. The Morgan fingerprint density at radius 2 is 1.90 bits per heavy atom. The van der Waals surface area contributed by atoms with Gasteiger partial charge in [-0.15, -0.1) is 0 Å². The highest BCUT2D eigenvalue weighted by molar-refractivity contribution is 5.98. The van der Waals surface area contributed by atoms with Gasteiger partial charge in [0.25, 0.3) is 5.91 Å². The number of fused-ring (bicyclic) bond motifs is 3. The van der Waals surface area contributed by atoms with Gasteiger partial charge < -0.3 is 20.7 Å². The van der Waals surface area contributed by atoms with Gasteiger partial charge in [0, 0.05) is 37.3 Å². The molecule has 1 spiro atoms. The monoisotopic (exact) mass is 397 g/mol. The number of hydrogen-bond donors (Lipinski definition) is 2. The fourth-order valence-electron chi connectivity index (χ4n) is 5.88. The Balaban J connectivity index is 1.31. The Labute approximate surface area is 169 Å².